The minimum atomic E-state index is -0.318. The zero-order valence-electron chi connectivity index (χ0n) is 21.8. The predicted octanol–water partition coefficient (Wildman–Crippen LogP) is 6.13. The number of anilines is 1. The van der Waals surface area contributed by atoms with E-state index in [0.29, 0.717) is 6.42 Å². The Morgan fingerprint density at radius 1 is 0.944 bits per heavy atom. The summed E-state index contributed by atoms with van der Waals surface area (Å²) in [5, 5.41) is 0. The first kappa shape index (κ1) is 25.5. The molecule has 2 aromatic carbocycles. The summed E-state index contributed by atoms with van der Waals surface area (Å²) in [6, 6.07) is 19.5. The maximum atomic E-state index is 14.1. The van der Waals surface area contributed by atoms with Crippen molar-refractivity contribution in [2.24, 2.45) is 0 Å². The standard InChI is InChI=1S/C30H37N3O3/c1-5-6-7-8-15-28(34)32(22(2)3)21-29(35)33-26-13-10-9-12-25(26)31-20-11-14-27(31)30(33)23-16-18-24(36-4)19-17-23/h9-14,16-20,22,30H,5-8,15,21H2,1-4H3. The fourth-order valence-corrected chi connectivity index (χ4v) is 4.99. The summed E-state index contributed by atoms with van der Waals surface area (Å²) in [6.07, 6.45) is 6.67. The molecule has 0 spiro atoms. The van der Waals surface area contributed by atoms with Crippen LogP contribution in [0, 0.1) is 0 Å². The molecule has 4 rings (SSSR count). The second kappa shape index (κ2) is 11.5. The molecule has 2 amide bonds. The van der Waals surface area contributed by atoms with Crippen LogP contribution in [0.4, 0.5) is 5.69 Å². The summed E-state index contributed by atoms with van der Waals surface area (Å²) in [6.45, 7) is 6.17. The fourth-order valence-electron chi connectivity index (χ4n) is 4.99. The number of rotatable bonds is 10. The zero-order valence-corrected chi connectivity index (χ0v) is 21.8. The second-order valence-electron chi connectivity index (χ2n) is 9.66. The number of para-hydroxylation sites is 2. The lowest BCUT2D eigenvalue weighted by molar-refractivity contribution is -0.137. The molecule has 0 N–H and O–H groups in total. The number of nitrogens with zero attached hydrogens (tertiary/aromatic N) is 3. The van der Waals surface area contributed by atoms with E-state index in [0.717, 1.165) is 54.1 Å². The fraction of sp³-hybridized carbons (Fsp3) is 0.400. The lowest BCUT2D eigenvalue weighted by Gasteiger charge is -2.40. The Labute approximate surface area is 214 Å². The molecule has 1 atom stereocenters. The van der Waals surface area contributed by atoms with E-state index in [2.05, 4.69) is 17.6 Å². The van der Waals surface area contributed by atoms with Crippen molar-refractivity contribution >= 4 is 17.5 Å². The highest BCUT2D eigenvalue weighted by Crippen LogP contribution is 2.42. The quantitative estimate of drug-likeness (QED) is 0.323. The lowest BCUT2D eigenvalue weighted by Crippen LogP contribution is -2.48. The highest BCUT2D eigenvalue weighted by Gasteiger charge is 2.37. The van der Waals surface area contributed by atoms with Gasteiger partial charge in [-0.1, -0.05) is 50.5 Å². The smallest absolute Gasteiger partial charge is 0.247 e. The topological polar surface area (TPSA) is 54.8 Å². The van der Waals surface area contributed by atoms with E-state index in [1.54, 1.807) is 12.0 Å². The van der Waals surface area contributed by atoms with Gasteiger partial charge in [-0.3, -0.25) is 14.5 Å². The molecule has 1 unspecified atom stereocenters. The summed E-state index contributed by atoms with van der Waals surface area (Å²) in [4.78, 5) is 30.8. The molecule has 0 fully saturated rings. The van der Waals surface area contributed by atoms with Gasteiger partial charge in [0.2, 0.25) is 11.8 Å². The Morgan fingerprint density at radius 2 is 1.67 bits per heavy atom. The number of carbonyl (C=O) groups excluding carboxylic acids is 2. The van der Waals surface area contributed by atoms with Crippen molar-refractivity contribution in [1.29, 1.82) is 0 Å². The van der Waals surface area contributed by atoms with Crippen molar-refractivity contribution in [3.63, 3.8) is 0 Å². The van der Waals surface area contributed by atoms with Gasteiger partial charge in [0.1, 0.15) is 18.3 Å². The molecule has 0 aliphatic carbocycles. The molecule has 2 heterocycles. The Kier molecular flexibility index (Phi) is 8.14. The molecule has 6 heteroatoms. The number of fused-ring (bicyclic) bond motifs is 3. The van der Waals surface area contributed by atoms with E-state index in [1.165, 1.54) is 0 Å². The van der Waals surface area contributed by atoms with Gasteiger partial charge < -0.3 is 14.2 Å². The van der Waals surface area contributed by atoms with E-state index in [-0.39, 0.29) is 30.4 Å². The van der Waals surface area contributed by atoms with E-state index in [4.69, 9.17) is 4.74 Å². The SMILES string of the molecule is CCCCCCC(=O)N(CC(=O)N1c2ccccc2-n2cccc2C1c1ccc(OC)cc1)C(C)C. The van der Waals surface area contributed by atoms with Gasteiger partial charge in [0.25, 0.3) is 0 Å². The van der Waals surface area contributed by atoms with Gasteiger partial charge in [0.05, 0.1) is 24.2 Å². The monoisotopic (exact) mass is 487 g/mol. The summed E-state index contributed by atoms with van der Waals surface area (Å²) in [5.74, 6) is 0.721. The maximum absolute atomic E-state index is 14.1. The molecule has 1 aromatic heterocycles. The molecule has 0 radical (unpaired) electrons. The maximum Gasteiger partial charge on any atom is 0.247 e. The first-order chi connectivity index (χ1) is 17.5. The second-order valence-corrected chi connectivity index (χ2v) is 9.66. The predicted molar refractivity (Wildman–Crippen MR) is 144 cm³/mol. The number of amides is 2. The first-order valence-electron chi connectivity index (χ1n) is 13.0. The largest absolute Gasteiger partial charge is 0.497 e. The lowest BCUT2D eigenvalue weighted by atomic mass is 9.97. The van der Waals surface area contributed by atoms with Crippen LogP contribution < -0.4 is 9.64 Å². The van der Waals surface area contributed by atoms with E-state index in [1.807, 2.05) is 79.5 Å². The van der Waals surface area contributed by atoms with Gasteiger partial charge in [-0.05, 0) is 62.2 Å². The van der Waals surface area contributed by atoms with Gasteiger partial charge in [-0.2, -0.15) is 0 Å². The Bertz CT molecular complexity index is 1180. The van der Waals surface area contributed by atoms with Gasteiger partial charge in [0, 0.05) is 18.7 Å². The first-order valence-corrected chi connectivity index (χ1v) is 13.0. The van der Waals surface area contributed by atoms with Crippen LogP contribution >= 0.6 is 0 Å². The summed E-state index contributed by atoms with van der Waals surface area (Å²) in [7, 11) is 1.65. The molecule has 1 aliphatic rings. The summed E-state index contributed by atoms with van der Waals surface area (Å²) < 4.78 is 7.51. The van der Waals surface area contributed by atoms with Crippen molar-refractivity contribution < 1.29 is 14.3 Å². The molecule has 190 valence electrons. The number of hydrogen-bond donors (Lipinski definition) is 0. The third-order valence-electron chi connectivity index (χ3n) is 6.91. The molecular formula is C30H37N3O3. The minimum absolute atomic E-state index is 0.0455. The number of aromatic nitrogens is 1. The third kappa shape index (κ3) is 5.18. The molecule has 0 bridgehead atoms. The van der Waals surface area contributed by atoms with Crippen LogP contribution in [0.25, 0.3) is 5.69 Å². The molecule has 0 saturated carbocycles. The Hall–Kier alpha value is -3.54. The van der Waals surface area contributed by atoms with Crippen molar-refractivity contribution in [2.75, 3.05) is 18.6 Å². The zero-order chi connectivity index (χ0) is 25.7. The van der Waals surface area contributed by atoms with Crippen LogP contribution in [0.5, 0.6) is 5.75 Å². The van der Waals surface area contributed by atoms with Crippen LogP contribution in [-0.4, -0.2) is 41.0 Å². The van der Waals surface area contributed by atoms with E-state index >= 15 is 0 Å². The van der Waals surface area contributed by atoms with Crippen LogP contribution in [0.15, 0.2) is 66.9 Å². The Balaban J connectivity index is 1.69. The number of methoxy groups -OCH3 is 1. The average Bonchev–Trinajstić information content (AvgIpc) is 3.38. The number of unbranched alkanes of at least 4 members (excludes halogenated alkanes) is 3. The van der Waals surface area contributed by atoms with Gasteiger partial charge in [-0.25, -0.2) is 0 Å². The van der Waals surface area contributed by atoms with Crippen molar-refractivity contribution in [1.82, 2.24) is 9.47 Å². The molecule has 1 aliphatic heterocycles. The van der Waals surface area contributed by atoms with Gasteiger partial charge in [-0.15, -0.1) is 0 Å². The van der Waals surface area contributed by atoms with Crippen molar-refractivity contribution in [2.45, 2.75) is 65.0 Å². The minimum Gasteiger partial charge on any atom is -0.497 e. The van der Waals surface area contributed by atoms with E-state index < -0.39 is 0 Å². The average molecular weight is 488 g/mol. The number of benzene rings is 2. The Morgan fingerprint density at radius 3 is 2.33 bits per heavy atom. The molecular weight excluding hydrogens is 450 g/mol. The highest BCUT2D eigenvalue weighted by molar-refractivity contribution is 6.00. The van der Waals surface area contributed by atoms with E-state index in [9.17, 15) is 9.59 Å². The summed E-state index contributed by atoms with van der Waals surface area (Å²) in [5.41, 5.74) is 3.79. The van der Waals surface area contributed by atoms with Crippen LogP contribution in [-0.2, 0) is 9.59 Å². The number of carbonyl (C=O) groups is 2. The third-order valence-corrected chi connectivity index (χ3v) is 6.91. The molecule has 6 nitrogen and oxygen atoms in total. The normalized spacial score (nSPS) is 14.4. The van der Waals surface area contributed by atoms with Crippen LogP contribution in [0.1, 0.15) is 70.2 Å². The highest BCUT2D eigenvalue weighted by atomic mass is 16.5. The molecule has 36 heavy (non-hydrogen) atoms. The van der Waals surface area contributed by atoms with Crippen molar-refractivity contribution in [3.8, 4) is 11.4 Å². The number of ether oxygens (including phenoxy) is 1. The molecule has 3 aromatic rings. The van der Waals surface area contributed by atoms with Crippen LogP contribution in [0.2, 0.25) is 0 Å². The van der Waals surface area contributed by atoms with Gasteiger partial charge in [0.15, 0.2) is 0 Å². The number of hydrogen-bond acceptors (Lipinski definition) is 3. The van der Waals surface area contributed by atoms with Gasteiger partial charge >= 0.3 is 0 Å². The van der Waals surface area contributed by atoms with Crippen molar-refractivity contribution in [3.05, 3.63) is 78.1 Å². The summed E-state index contributed by atoms with van der Waals surface area (Å²) >= 11 is 0. The van der Waals surface area contributed by atoms with Crippen LogP contribution in [0.3, 0.4) is 0 Å². The molecule has 0 saturated heterocycles.